The quantitative estimate of drug-likeness (QED) is 0.333. The molecule has 1 amide bonds. The van der Waals surface area contributed by atoms with Crippen LogP contribution >= 0.6 is 0 Å². The molecule has 6 nitrogen and oxygen atoms in total. The fourth-order valence-electron chi connectivity index (χ4n) is 5.35. The maximum absolute atomic E-state index is 13.2. The highest BCUT2D eigenvalue weighted by Crippen LogP contribution is 2.47. The Morgan fingerprint density at radius 3 is 2.46 bits per heavy atom. The molecular weight excluding hydrogens is 464 g/mol. The van der Waals surface area contributed by atoms with Gasteiger partial charge in [0, 0.05) is 41.4 Å². The van der Waals surface area contributed by atoms with Gasteiger partial charge in [0.05, 0.1) is 23.4 Å². The van der Waals surface area contributed by atoms with Crippen molar-refractivity contribution < 1.29 is 19.1 Å². The standard InChI is InChI=1S/C31H32N2O4/c1-17-25(30(18(2)34)37-31(4,5)6)27(21-9-7-8-10-22(21)28(17)33-19(3)35)23-11-12-24-26-20(14-16-36-24)13-15-32-29(23)26/h7-13,15,30H,14,16H2,1-6H3,(H,33,35)/t30-/m1/s1. The summed E-state index contributed by atoms with van der Waals surface area (Å²) < 4.78 is 12.4. The lowest BCUT2D eigenvalue weighted by Gasteiger charge is -2.31. The summed E-state index contributed by atoms with van der Waals surface area (Å²) in [4.78, 5) is 30.3. The first-order valence-corrected chi connectivity index (χ1v) is 12.6. The predicted octanol–water partition coefficient (Wildman–Crippen LogP) is 6.70. The largest absolute Gasteiger partial charge is 0.493 e. The number of rotatable bonds is 5. The van der Waals surface area contributed by atoms with Gasteiger partial charge in [-0.1, -0.05) is 24.3 Å². The molecule has 0 fully saturated rings. The summed E-state index contributed by atoms with van der Waals surface area (Å²) in [6.07, 6.45) is 1.81. The van der Waals surface area contributed by atoms with Crippen molar-refractivity contribution in [2.75, 3.05) is 11.9 Å². The van der Waals surface area contributed by atoms with E-state index in [2.05, 4.69) is 5.32 Å². The van der Waals surface area contributed by atoms with E-state index in [0.717, 1.165) is 56.1 Å². The molecule has 190 valence electrons. The first kappa shape index (κ1) is 24.9. The van der Waals surface area contributed by atoms with Crippen molar-refractivity contribution in [1.82, 2.24) is 4.98 Å². The van der Waals surface area contributed by atoms with Crippen molar-refractivity contribution in [3.8, 4) is 16.9 Å². The molecule has 5 rings (SSSR count). The van der Waals surface area contributed by atoms with Crippen molar-refractivity contribution in [2.24, 2.45) is 0 Å². The highest BCUT2D eigenvalue weighted by atomic mass is 16.5. The summed E-state index contributed by atoms with van der Waals surface area (Å²) in [6, 6.07) is 14.0. The molecule has 1 aliphatic rings. The molecule has 1 aromatic heterocycles. The van der Waals surface area contributed by atoms with Gasteiger partial charge < -0.3 is 14.8 Å². The number of benzene rings is 3. The minimum absolute atomic E-state index is 0.109. The number of ketones is 1. The predicted molar refractivity (Wildman–Crippen MR) is 147 cm³/mol. The molecule has 4 aromatic rings. The zero-order valence-corrected chi connectivity index (χ0v) is 22.2. The average molecular weight is 497 g/mol. The second-order valence-corrected chi connectivity index (χ2v) is 10.6. The molecule has 0 radical (unpaired) electrons. The number of carbonyl (C=O) groups excluding carboxylic acids is 2. The SMILES string of the molecule is CC(=O)Nc1c(C)c([C@H](OC(C)(C)C)C(C)=O)c(-c2ccc3c4c(ccnc24)CCO3)c2ccccc12. The molecule has 0 saturated carbocycles. The second kappa shape index (κ2) is 9.27. The zero-order chi connectivity index (χ0) is 26.5. The van der Waals surface area contributed by atoms with E-state index in [-0.39, 0.29) is 11.7 Å². The van der Waals surface area contributed by atoms with E-state index >= 15 is 0 Å². The molecule has 0 aliphatic carbocycles. The minimum atomic E-state index is -0.839. The fourth-order valence-corrected chi connectivity index (χ4v) is 5.35. The van der Waals surface area contributed by atoms with Crippen LogP contribution in [0.5, 0.6) is 5.75 Å². The Morgan fingerprint density at radius 2 is 1.78 bits per heavy atom. The van der Waals surface area contributed by atoms with Gasteiger partial charge in [-0.3, -0.25) is 14.6 Å². The Kier molecular flexibility index (Phi) is 6.24. The summed E-state index contributed by atoms with van der Waals surface area (Å²) in [5.41, 5.74) is 5.45. The molecule has 0 spiro atoms. The first-order valence-electron chi connectivity index (χ1n) is 12.6. The van der Waals surface area contributed by atoms with Crippen LogP contribution in [0, 0.1) is 6.92 Å². The minimum Gasteiger partial charge on any atom is -0.493 e. The third-order valence-corrected chi connectivity index (χ3v) is 6.76. The van der Waals surface area contributed by atoms with Crippen LogP contribution in [0.3, 0.4) is 0 Å². The average Bonchev–Trinajstić information content (AvgIpc) is 2.84. The third-order valence-electron chi connectivity index (χ3n) is 6.76. The molecule has 0 bridgehead atoms. The number of anilines is 1. The number of nitrogens with zero attached hydrogens (tertiary/aromatic N) is 1. The van der Waals surface area contributed by atoms with Gasteiger partial charge in [-0.2, -0.15) is 0 Å². The fraction of sp³-hybridized carbons (Fsp3) is 0.323. The van der Waals surface area contributed by atoms with E-state index in [1.54, 1.807) is 6.92 Å². The number of hydrogen-bond acceptors (Lipinski definition) is 5. The van der Waals surface area contributed by atoms with Crippen LogP contribution in [0.15, 0.2) is 48.7 Å². The lowest BCUT2D eigenvalue weighted by atomic mass is 9.83. The van der Waals surface area contributed by atoms with Gasteiger partial charge in [0.25, 0.3) is 0 Å². The molecule has 6 heteroatoms. The van der Waals surface area contributed by atoms with Crippen molar-refractivity contribution >= 4 is 39.1 Å². The number of aromatic nitrogens is 1. The number of pyridine rings is 1. The smallest absolute Gasteiger partial charge is 0.221 e. The van der Waals surface area contributed by atoms with Crippen molar-refractivity contribution in [3.63, 3.8) is 0 Å². The Labute approximate surface area is 217 Å². The van der Waals surface area contributed by atoms with E-state index in [9.17, 15) is 9.59 Å². The Balaban J connectivity index is 1.96. The van der Waals surface area contributed by atoms with Gasteiger partial charge in [-0.05, 0) is 74.9 Å². The monoisotopic (exact) mass is 496 g/mol. The molecule has 1 N–H and O–H groups in total. The Bertz CT molecular complexity index is 1560. The lowest BCUT2D eigenvalue weighted by Crippen LogP contribution is -2.27. The van der Waals surface area contributed by atoms with Crippen LogP contribution in [0.4, 0.5) is 5.69 Å². The van der Waals surface area contributed by atoms with E-state index in [4.69, 9.17) is 14.5 Å². The molecule has 3 aromatic carbocycles. The zero-order valence-electron chi connectivity index (χ0n) is 22.2. The second-order valence-electron chi connectivity index (χ2n) is 10.6. The highest BCUT2D eigenvalue weighted by Gasteiger charge is 2.32. The topological polar surface area (TPSA) is 77.5 Å². The number of ether oxygens (including phenoxy) is 2. The number of nitrogens with one attached hydrogen (secondary N) is 1. The Morgan fingerprint density at radius 1 is 1.05 bits per heavy atom. The maximum Gasteiger partial charge on any atom is 0.221 e. The normalized spacial score (nSPS) is 13.9. The van der Waals surface area contributed by atoms with Crippen molar-refractivity contribution in [3.05, 3.63) is 65.4 Å². The van der Waals surface area contributed by atoms with E-state index in [0.29, 0.717) is 12.3 Å². The van der Waals surface area contributed by atoms with Crippen LogP contribution < -0.4 is 10.1 Å². The number of amides is 1. The number of carbonyl (C=O) groups is 2. The highest BCUT2D eigenvalue weighted by molar-refractivity contribution is 6.14. The number of hydrogen-bond donors (Lipinski definition) is 1. The van der Waals surface area contributed by atoms with Crippen LogP contribution in [-0.2, 0) is 20.7 Å². The third kappa shape index (κ3) is 4.46. The van der Waals surface area contributed by atoms with Crippen LogP contribution in [0.1, 0.15) is 57.4 Å². The van der Waals surface area contributed by atoms with Crippen LogP contribution in [0.25, 0.3) is 32.8 Å². The molecule has 0 saturated heterocycles. The van der Waals surface area contributed by atoms with Gasteiger partial charge in [0.1, 0.15) is 11.9 Å². The van der Waals surface area contributed by atoms with E-state index in [1.807, 2.05) is 76.4 Å². The van der Waals surface area contributed by atoms with Crippen molar-refractivity contribution in [2.45, 2.75) is 59.7 Å². The summed E-state index contributed by atoms with van der Waals surface area (Å²) >= 11 is 0. The van der Waals surface area contributed by atoms with E-state index < -0.39 is 11.7 Å². The molecule has 1 aliphatic heterocycles. The maximum atomic E-state index is 13.2. The van der Waals surface area contributed by atoms with Crippen molar-refractivity contribution in [1.29, 1.82) is 0 Å². The molecule has 0 unspecified atom stereocenters. The molecule has 37 heavy (non-hydrogen) atoms. The van der Waals surface area contributed by atoms with Crippen LogP contribution in [-0.4, -0.2) is 28.9 Å². The molecular formula is C31H32N2O4. The van der Waals surface area contributed by atoms with Crippen LogP contribution in [0.2, 0.25) is 0 Å². The molecule has 1 atom stereocenters. The number of Topliss-reactive ketones (excluding diaryl/α,β-unsaturated/α-hetero) is 1. The number of fused-ring (bicyclic) bond motifs is 1. The lowest BCUT2D eigenvalue weighted by molar-refractivity contribution is -0.138. The summed E-state index contributed by atoms with van der Waals surface area (Å²) in [5, 5.41) is 5.83. The van der Waals surface area contributed by atoms with Gasteiger partial charge in [0.15, 0.2) is 5.78 Å². The molecule has 2 heterocycles. The Hall–Kier alpha value is -3.77. The summed E-state index contributed by atoms with van der Waals surface area (Å²) in [5.74, 6) is 0.533. The van der Waals surface area contributed by atoms with E-state index in [1.165, 1.54) is 12.5 Å². The summed E-state index contributed by atoms with van der Waals surface area (Å²) in [6.45, 7) is 11.4. The summed E-state index contributed by atoms with van der Waals surface area (Å²) in [7, 11) is 0. The first-order chi connectivity index (χ1) is 17.6. The van der Waals surface area contributed by atoms with Gasteiger partial charge in [0.2, 0.25) is 5.91 Å². The van der Waals surface area contributed by atoms with Gasteiger partial charge >= 0.3 is 0 Å². The van der Waals surface area contributed by atoms with Gasteiger partial charge in [-0.15, -0.1) is 0 Å². The van der Waals surface area contributed by atoms with Gasteiger partial charge in [-0.25, -0.2) is 0 Å².